The molecule has 0 saturated carbocycles. The van der Waals surface area contributed by atoms with E-state index in [-0.39, 0.29) is 5.82 Å². The fourth-order valence-electron chi connectivity index (χ4n) is 0.942. The van der Waals surface area contributed by atoms with E-state index in [4.69, 9.17) is 0 Å². The van der Waals surface area contributed by atoms with Crippen molar-refractivity contribution in [1.82, 2.24) is 10.2 Å². The molecule has 0 atom stereocenters. The van der Waals surface area contributed by atoms with Crippen LogP contribution in [0, 0.1) is 6.92 Å². The number of aromatic nitrogens is 2. The first-order valence-electron chi connectivity index (χ1n) is 4.38. The topological polar surface area (TPSA) is 109 Å². The van der Waals surface area contributed by atoms with Crippen LogP contribution in [0.15, 0.2) is 6.07 Å². The Morgan fingerprint density at radius 3 is 2.38 bits per heavy atom. The highest BCUT2D eigenvalue weighted by molar-refractivity contribution is 7.95. The van der Waals surface area contributed by atoms with E-state index in [0.717, 1.165) is 6.26 Å². The van der Waals surface area contributed by atoms with E-state index in [0.29, 0.717) is 5.69 Å². The van der Waals surface area contributed by atoms with Gasteiger partial charge in [0.2, 0.25) is 10.0 Å². The number of nitrogens with one attached hydrogen (secondary N) is 2. The predicted octanol–water partition coefficient (Wildman–Crippen LogP) is -0.496. The quantitative estimate of drug-likeness (QED) is 0.747. The Labute approximate surface area is 94.2 Å². The van der Waals surface area contributed by atoms with Crippen molar-refractivity contribution in [2.24, 2.45) is 0 Å². The maximum absolute atomic E-state index is 11.4. The molecule has 0 saturated heterocycles. The highest BCUT2D eigenvalue weighted by Gasteiger charge is 2.15. The average Bonchev–Trinajstić information content (AvgIpc) is 2.46. The molecule has 0 aliphatic rings. The van der Waals surface area contributed by atoms with Gasteiger partial charge in [0.15, 0.2) is 5.82 Å². The van der Waals surface area contributed by atoms with E-state index < -0.39 is 31.4 Å². The fourth-order valence-corrected chi connectivity index (χ4v) is 3.56. The van der Waals surface area contributed by atoms with Crippen LogP contribution in [0.4, 0.5) is 5.82 Å². The zero-order valence-corrected chi connectivity index (χ0v) is 10.5. The zero-order chi connectivity index (χ0) is 12.4. The molecule has 1 aromatic rings. The van der Waals surface area contributed by atoms with Crippen LogP contribution in [0.1, 0.15) is 5.69 Å². The van der Waals surface area contributed by atoms with Crippen molar-refractivity contribution in [1.29, 1.82) is 0 Å². The van der Waals surface area contributed by atoms with Crippen molar-refractivity contribution < 1.29 is 16.8 Å². The summed E-state index contributed by atoms with van der Waals surface area (Å²) in [6.45, 7) is 1.72. The van der Waals surface area contributed by atoms with Gasteiger partial charge in [0.1, 0.15) is 9.84 Å². The number of aryl methyl sites for hydroxylation is 1. The Balaban J connectivity index is 2.66. The Kier molecular flexibility index (Phi) is 3.58. The van der Waals surface area contributed by atoms with E-state index in [1.165, 1.54) is 6.07 Å². The summed E-state index contributed by atoms with van der Waals surface area (Å²) in [5.41, 5.74) is 0.709. The molecule has 2 N–H and O–H groups in total. The van der Waals surface area contributed by atoms with Gasteiger partial charge in [-0.2, -0.15) is 5.10 Å². The van der Waals surface area contributed by atoms with Gasteiger partial charge in [-0.1, -0.05) is 0 Å². The molecule has 0 unspecified atom stereocenters. The number of sulfonamides is 1. The van der Waals surface area contributed by atoms with Gasteiger partial charge in [-0.25, -0.2) is 16.8 Å². The van der Waals surface area contributed by atoms with Crippen LogP contribution in [0.5, 0.6) is 0 Å². The lowest BCUT2D eigenvalue weighted by Crippen LogP contribution is -2.22. The van der Waals surface area contributed by atoms with E-state index in [1.807, 2.05) is 0 Å². The molecule has 0 amide bonds. The van der Waals surface area contributed by atoms with Gasteiger partial charge < -0.3 is 0 Å². The molecule has 1 heterocycles. The van der Waals surface area contributed by atoms with Gasteiger partial charge in [0, 0.05) is 18.0 Å². The largest absolute Gasteiger partial charge is 0.281 e. The molecule has 0 spiro atoms. The summed E-state index contributed by atoms with van der Waals surface area (Å²) < 4.78 is 46.7. The van der Waals surface area contributed by atoms with Crippen LogP contribution in [0.2, 0.25) is 0 Å². The van der Waals surface area contributed by atoms with Gasteiger partial charge in [0.05, 0.1) is 11.5 Å². The lowest BCUT2D eigenvalue weighted by molar-refractivity contribution is 0.593. The maximum Gasteiger partial charge on any atom is 0.234 e. The van der Waals surface area contributed by atoms with Gasteiger partial charge >= 0.3 is 0 Å². The first-order valence-corrected chi connectivity index (χ1v) is 8.09. The molecular weight excluding hydrogens is 254 g/mol. The number of nitrogens with zero attached hydrogens (tertiary/aromatic N) is 1. The minimum absolute atomic E-state index is 0.158. The molecule has 1 aromatic heterocycles. The van der Waals surface area contributed by atoms with Crippen molar-refractivity contribution in [3.8, 4) is 0 Å². The molecular formula is C7H13N3O4S2. The highest BCUT2D eigenvalue weighted by Crippen LogP contribution is 2.06. The van der Waals surface area contributed by atoms with Crippen LogP contribution in [0.3, 0.4) is 0 Å². The summed E-state index contributed by atoms with van der Waals surface area (Å²) in [5, 5.41) is 6.25. The van der Waals surface area contributed by atoms with Gasteiger partial charge in [-0.15, -0.1) is 0 Å². The minimum Gasteiger partial charge on any atom is -0.281 e. The molecule has 0 bridgehead atoms. The molecule has 0 aromatic carbocycles. The lowest BCUT2D eigenvalue weighted by Gasteiger charge is -2.03. The molecule has 1 rings (SSSR count). The zero-order valence-electron chi connectivity index (χ0n) is 8.89. The highest BCUT2D eigenvalue weighted by atomic mass is 32.2. The second-order valence-corrected chi connectivity index (χ2v) is 7.59. The number of aromatic amines is 1. The summed E-state index contributed by atoms with van der Waals surface area (Å²) in [7, 11) is -6.96. The second-order valence-electron chi connectivity index (χ2n) is 3.49. The van der Waals surface area contributed by atoms with Crippen LogP contribution in [0.25, 0.3) is 0 Å². The van der Waals surface area contributed by atoms with E-state index in [2.05, 4.69) is 14.9 Å². The van der Waals surface area contributed by atoms with Crippen molar-refractivity contribution in [3.05, 3.63) is 11.8 Å². The van der Waals surface area contributed by atoms with Crippen LogP contribution < -0.4 is 4.72 Å². The number of anilines is 1. The van der Waals surface area contributed by atoms with E-state index in [9.17, 15) is 16.8 Å². The summed E-state index contributed by atoms with van der Waals surface area (Å²) in [6, 6.07) is 1.51. The third kappa shape index (κ3) is 4.62. The summed E-state index contributed by atoms with van der Waals surface area (Å²) >= 11 is 0. The number of H-pyrrole nitrogens is 1. The first-order chi connectivity index (χ1) is 7.18. The Morgan fingerprint density at radius 1 is 1.31 bits per heavy atom. The smallest absolute Gasteiger partial charge is 0.234 e. The molecule has 0 aliphatic carbocycles. The Bertz CT molecular complexity index is 558. The van der Waals surface area contributed by atoms with Gasteiger partial charge in [-0.3, -0.25) is 9.82 Å². The second kappa shape index (κ2) is 4.42. The monoisotopic (exact) mass is 267 g/mol. The molecule has 0 radical (unpaired) electrons. The summed E-state index contributed by atoms with van der Waals surface area (Å²) in [5.74, 6) is -0.727. The molecule has 0 aliphatic heterocycles. The Hall–Kier alpha value is -1.09. The Morgan fingerprint density at radius 2 is 1.94 bits per heavy atom. The van der Waals surface area contributed by atoms with Crippen LogP contribution in [-0.4, -0.2) is 44.8 Å². The number of hydrogen-bond donors (Lipinski definition) is 2. The number of sulfone groups is 1. The third-order valence-corrected chi connectivity index (χ3v) is 4.15. The average molecular weight is 267 g/mol. The van der Waals surface area contributed by atoms with Crippen molar-refractivity contribution in [2.75, 3.05) is 22.5 Å². The SMILES string of the molecule is Cc1cc(NS(=O)(=O)CCS(C)(=O)=O)n[nH]1. The molecule has 0 fully saturated rings. The van der Waals surface area contributed by atoms with Gasteiger partial charge in [-0.05, 0) is 6.92 Å². The minimum atomic E-state index is -3.67. The van der Waals surface area contributed by atoms with E-state index >= 15 is 0 Å². The predicted molar refractivity (Wildman–Crippen MR) is 60.4 cm³/mol. The van der Waals surface area contributed by atoms with E-state index in [1.54, 1.807) is 6.92 Å². The van der Waals surface area contributed by atoms with Crippen LogP contribution in [-0.2, 0) is 19.9 Å². The standard InChI is InChI=1S/C7H13N3O4S2/c1-6-5-7(9-8-6)10-16(13,14)4-3-15(2,11)12/h5H,3-4H2,1-2H3,(H2,8,9,10). The lowest BCUT2D eigenvalue weighted by atomic mass is 10.5. The summed E-state index contributed by atoms with van der Waals surface area (Å²) in [6.07, 6.45) is 0.987. The van der Waals surface area contributed by atoms with Crippen LogP contribution >= 0.6 is 0 Å². The van der Waals surface area contributed by atoms with Crippen molar-refractivity contribution in [3.63, 3.8) is 0 Å². The summed E-state index contributed by atoms with van der Waals surface area (Å²) in [4.78, 5) is 0. The number of hydrogen-bond acceptors (Lipinski definition) is 5. The first kappa shape index (κ1) is 13.0. The third-order valence-electron chi connectivity index (χ3n) is 1.69. The fraction of sp³-hybridized carbons (Fsp3) is 0.571. The number of rotatable bonds is 5. The molecule has 9 heteroatoms. The van der Waals surface area contributed by atoms with Crippen molar-refractivity contribution in [2.45, 2.75) is 6.92 Å². The van der Waals surface area contributed by atoms with Crippen molar-refractivity contribution >= 4 is 25.7 Å². The normalized spacial score (nSPS) is 12.6. The molecule has 92 valence electrons. The maximum atomic E-state index is 11.4. The molecule has 7 nitrogen and oxygen atoms in total. The van der Waals surface area contributed by atoms with Gasteiger partial charge in [0.25, 0.3) is 0 Å². The molecule has 16 heavy (non-hydrogen) atoms.